The Hall–Kier alpha value is -2.14. The summed E-state index contributed by atoms with van der Waals surface area (Å²) in [6.45, 7) is 0. The summed E-state index contributed by atoms with van der Waals surface area (Å²) in [5.74, 6) is 0.697. The molecule has 2 aromatic heterocycles. The molecule has 2 aliphatic carbocycles. The number of anilines is 1. The predicted octanol–water partition coefficient (Wildman–Crippen LogP) is 4.36. The maximum atomic E-state index is 13.1. The molecule has 4 nitrogen and oxygen atoms in total. The predicted molar refractivity (Wildman–Crippen MR) is 107 cm³/mol. The van der Waals surface area contributed by atoms with Gasteiger partial charge in [-0.15, -0.1) is 11.3 Å². The maximum Gasteiger partial charge on any atom is 0.263 e. The van der Waals surface area contributed by atoms with Crippen LogP contribution in [0.25, 0.3) is 10.2 Å². The number of aromatic nitrogens is 2. The molecule has 1 N–H and O–H groups in total. The molecule has 1 atom stereocenters. The Morgan fingerprint density at radius 2 is 2.00 bits per heavy atom. The third kappa shape index (κ3) is 2.49. The second-order valence-corrected chi connectivity index (χ2v) is 8.56. The quantitative estimate of drug-likeness (QED) is 0.734. The van der Waals surface area contributed by atoms with Crippen LogP contribution in [0.1, 0.15) is 53.3 Å². The highest BCUT2D eigenvalue weighted by Crippen LogP contribution is 2.35. The Morgan fingerprint density at radius 1 is 1.15 bits per heavy atom. The van der Waals surface area contributed by atoms with E-state index in [0.717, 1.165) is 42.3 Å². The third-order valence-electron chi connectivity index (χ3n) is 5.87. The topological polar surface area (TPSA) is 46.9 Å². The van der Waals surface area contributed by atoms with E-state index >= 15 is 0 Å². The van der Waals surface area contributed by atoms with Crippen LogP contribution in [0.5, 0.6) is 0 Å². The fourth-order valence-corrected chi connectivity index (χ4v) is 5.73. The SMILES string of the molecule is Cn1c(NC2CCCc3ccccc32)nc2sc3c(c2c1=O)CCCC3. The summed E-state index contributed by atoms with van der Waals surface area (Å²) < 4.78 is 1.71. The minimum absolute atomic E-state index is 0.0981. The Bertz CT molecular complexity index is 1050. The molecular weight excluding hydrogens is 342 g/mol. The second-order valence-electron chi connectivity index (χ2n) is 7.48. The highest BCUT2D eigenvalue weighted by Gasteiger charge is 2.24. The number of thiophene rings is 1. The molecule has 3 aromatic rings. The molecule has 0 spiro atoms. The minimum Gasteiger partial charge on any atom is -0.349 e. The maximum absolute atomic E-state index is 13.1. The fraction of sp³-hybridized carbons (Fsp3) is 0.429. The smallest absolute Gasteiger partial charge is 0.263 e. The van der Waals surface area contributed by atoms with E-state index in [1.807, 2.05) is 7.05 Å². The van der Waals surface area contributed by atoms with Gasteiger partial charge in [-0.3, -0.25) is 9.36 Å². The van der Waals surface area contributed by atoms with Crippen molar-refractivity contribution in [1.29, 1.82) is 0 Å². The van der Waals surface area contributed by atoms with Gasteiger partial charge in [0, 0.05) is 11.9 Å². The van der Waals surface area contributed by atoms with Gasteiger partial charge in [0.15, 0.2) is 0 Å². The van der Waals surface area contributed by atoms with Crippen molar-refractivity contribution in [2.24, 2.45) is 7.05 Å². The Morgan fingerprint density at radius 3 is 2.92 bits per heavy atom. The van der Waals surface area contributed by atoms with E-state index < -0.39 is 0 Å². The van der Waals surface area contributed by atoms with Crippen molar-refractivity contribution in [3.05, 3.63) is 56.2 Å². The Kier molecular flexibility index (Phi) is 3.85. The van der Waals surface area contributed by atoms with Crippen molar-refractivity contribution in [3.63, 3.8) is 0 Å². The van der Waals surface area contributed by atoms with E-state index in [1.165, 1.54) is 34.4 Å². The lowest BCUT2D eigenvalue weighted by atomic mass is 9.88. The van der Waals surface area contributed by atoms with Crippen molar-refractivity contribution < 1.29 is 0 Å². The zero-order valence-electron chi connectivity index (χ0n) is 15.0. The van der Waals surface area contributed by atoms with Crippen LogP contribution >= 0.6 is 11.3 Å². The van der Waals surface area contributed by atoms with Crippen molar-refractivity contribution in [2.45, 2.75) is 51.0 Å². The van der Waals surface area contributed by atoms with Crippen LogP contribution < -0.4 is 10.9 Å². The largest absolute Gasteiger partial charge is 0.349 e. The molecule has 5 rings (SSSR count). The van der Waals surface area contributed by atoms with Gasteiger partial charge in [-0.25, -0.2) is 4.98 Å². The lowest BCUT2D eigenvalue weighted by molar-refractivity contribution is 0.592. The van der Waals surface area contributed by atoms with E-state index in [2.05, 4.69) is 29.6 Å². The fourth-order valence-electron chi connectivity index (χ4n) is 4.47. The van der Waals surface area contributed by atoms with Gasteiger partial charge < -0.3 is 5.32 Å². The van der Waals surface area contributed by atoms with E-state index in [4.69, 9.17) is 4.98 Å². The van der Waals surface area contributed by atoms with Crippen molar-refractivity contribution in [1.82, 2.24) is 9.55 Å². The highest BCUT2D eigenvalue weighted by molar-refractivity contribution is 7.18. The van der Waals surface area contributed by atoms with Crippen LogP contribution in [0, 0.1) is 0 Å². The molecule has 2 aliphatic rings. The average molecular weight is 366 g/mol. The van der Waals surface area contributed by atoms with Gasteiger partial charge in [-0.05, 0) is 61.6 Å². The highest BCUT2D eigenvalue weighted by atomic mass is 32.1. The van der Waals surface area contributed by atoms with Gasteiger partial charge >= 0.3 is 0 Å². The first kappa shape index (κ1) is 16.1. The monoisotopic (exact) mass is 365 g/mol. The van der Waals surface area contributed by atoms with Crippen LogP contribution in [0.4, 0.5) is 5.95 Å². The summed E-state index contributed by atoms with van der Waals surface area (Å²) in [4.78, 5) is 20.2. The van der Waals surface area contributed by atoms with Crippen molar-refractivity contribution in [2.75, 3.05) is 5.32 Å². The van der Waals surface area contributed by atoms with E-state index in [0.29, 0.717) is 5.95 Å². The summed E-state index contributed by atoms with van der Waals surface area (Å²) in [7, 11) is 1.85. The number of benzene rings is 1. The third-order valence-corrected chi connectivity index (χ3v) is 7.05. The first-order chi connectivity index (χ1) is 12.7. The number of nitrogens with one attached hydrogen (secondary N) is 1. The van der Waals surface area contributed by atoms with Crippen molar-refractivity contribution in [3.8, 4) is 0 Å². The first-order valence-corrected chi connectivity index (χ1v) is 10.4. The number of fused-ring (bicyclic) bond motifs is 4. The lowest BCUT2D eigenvalue weighted by Crippen LogP contribution is -2.26. The van der Waals surface area contributed by atoms with Crippen LogP contribution in [-0.2, 0) is 26.3 Å². The molecule has 1 unspecified atom stereocenters. The summed E-state index contributed by atoms with van der Waals surface area (Å²) in [6.07, 6.45) is 7.90. The number of nitrogens with zero attached hydrogens (tertiary/aromatic N) is 2. The molecule has 0 fully saturated rings. The molecule has 2 heterocycles. The number of rotatable bonds is 2. The minimum atomic E-state index is 0.0981. The van der Waals surface area contributed by atoms with Crippen LogP contribution in [0.15, 0.2) is 29.1 Å². The molecule has 0 aliphatic heterocycles. The Balaban J connectivity index is 1.58. The van der Waals surface area contributed by atoms with Gasteiger partial charge in [0.1, 0.15) is 4.83 Å². The lowest BCUT2D eigenvalue weighted by Gasteiger charge is -2.27. The number of hydrogen-bond acceptors (Lipinski definition) is 4. The van der Waals surface area contributed by atoms with Gasteiger partial charge in [0.25, 0.3) is 5.56 Å². The molecule has 0 radical (unpaired) electrons. The molecule has 1 aromatic carbocycles. The van der Waals surface area contributed by atoms with E-state index in [9.17, 15) is 4.79 Å². The van der Waals surface area contributed by atoms with Gasteiger partial charge in [0.2, 0.25) is 5.95 Å². The molecule has 5 heteroatoms. The summed E-state index contributed by atoms with van der Waals surface area (Å²) in [5, 5.41) is 4.44. The zero-order chi connectivity index (χ0) is 17.7. The summed E-state index contributed by atoms with van der Waals surface area (Å²) >= 11 is 1.72. The normalized spacial score (nSPS) is 19.2. The number of hydrogen-bond donors (Lipinski definition) is 1. The molecular formula is C21H23N3OS. The van der Waals surface area contributed by atoms with Crippen LogP contribution in [0.3, 0.4) is 0 Å². The van der Waals surface area contributed by atoms with Gasteiger partial charge in [0.05, 0.1) is 11.4 Å². The molecule has 26 heavy (non-hydrogen) atoms. The zero-order valence-corrected chi connectivity index (χ0v) is 15.9. The summed E-state index contributed by atoms with van der Waals surface area (Å²) in [5.41, 5.74) is 4.12. The first-order valence-electron chi connectivity index (χ1n) is 9.58. The number of aryl methyl sites for hydroxylation is 3. The molecule has 134 valence electrons. The average Bonchev–Trinajstić information content (AvgIpc) is 3.04. The summed E-state index contributed by atoms with van der Waals surface area (Å²) in [6, 6.07) is 8.85. The molecule has 0 amide bonds. The second kappa shape index (κ2) is 6.23. The molecule has 0 saturated heterocycles. The van der Waals surface area contributed by atoms with Gasteiger partial charge in [-0.1, -0.05) is 24.3 Å². The van der Waals surface area contributed by atoms with Gasteiger partial charge in [-0.2, -0.15) is 0 Å². The Labute approximate surface area is 156 Å². The standard InChI is InChI=1S/C21H23N3OS/c1-24-20(25)18-15-10-4-5-12-17(15)26-19(18)23-21(24)22-16-11-6-8-13-7-2-3-9-14(13)16/h2-3,7,9,16H,4-6,8,10-12H2,1H3,(H,22,23). The van der Waals surface area contributed by atoms with Crippen LogP contribution in [0.2, 0.25) is 0 Å². The van der Waals surface area contributed by atoms with Crippen molar-refractivity contribution >= 4 is 27.5 Å². The van der Waals surface area contributed by atoms with E-state index in [-0.39, 0.29) is 11.6 Å². The molecule has 0 bridgehead atoms. The van der Waals surface area contributed by atoms with Crippen LogP contribution in [-0.4, -0.2) is 9.55 Å². The van der Waals surface area contributed by atoms with E-state index in [1.54, 1.807) is 15.9 Å². The molecule has 0 saturated carbocycles.